The summed E-state index contributed by atoms with van der Waals surface area (Å²) in [6, 6.07) is 7.95. The van der Waals surface area contributed by atoms with Crippen molar-refractivity contribution in [1.29, 1.82) is 0 Å². The maximum Gasteiger partial charge on any atom is 0.340 e. The minimum Gasteiger partial charge on any atom is -0.454 e. The van der Waals surface area contributed by atoms with E-state index in [1.807, 2.05) is 6.92 Å². The van der Waals surface area contributed by atoms with Crippen LogP contribution in [0.4, 0.5) is 0 Å². The van der Waals surface area contributed by atoms with E-state index >= 15 is 0 Å². The Morgan fingerprint density at radius 1 is 1.11 bits per heavy atom. The summed E-state index contributed by atoms with van der Waals surface area (Å²) >= 11 is 11.8. The Balaban J connectivity index is 1.77. The van der Waals surface area contributed by atoms with Gasteiger partial charge < -0.3 is 9.26 Å². The summed E-state index contributed by atoms with van der Waals surface area (Å²) in [4.78, 5) is 24.8. The van der Waals surface area contributed by atoms with Gasteiger partial charge in [-0.15, -0.1) is 0 Å². The molecule has 0 saturated carbocycles. The quantitative estimate of drug-likeness (QED) is 0.451. The van der Waals surface area contributed by atoms with Crippen LogP contribution in [0.5, 0.6) is 0 Å². The average Bonchev–Trinajstić information content (AvgIpc) is 3.17. The summed E-state index contributed by atoms with van der Waals surface area (Å²) in [5, 5.41) is 4.53. The van der Waals surface area contributed by atoms with Gasteiger partial charge in [-0.1, -0.05) is 28.4 Å². The molecule has 27 heavy (non-hydrogen) atoms. The van der Waals surface area contributed by atoms with Gasteiger partial charge in [0.25, 0.3) is 0 Å². The van der Waals surface area contributed by atoms with Crippen LogP contribution in [0.2, 0.25) is 10.0 Å². The molecular weight excluding hydrogens is 391 g/mol. The average molecular weight is 407 g/mol. The number of aryl methyl sites for hydroxylation is 2. The van der Waals surface area contributed by atoms with Crippen molar-refractivity contribution in [2.75, 3.05) is 6.61 Å². The molecular formula is C19H16Cl2N2O4. The predicted molar refractivity (Wildman–Crippen MR) is 101 cm³/mol. The Labute approximate surface area is 165 Å². The van der Waals surface area contributed by atoms with E-state index in [1.165, 1.54) is 12.1 Å². The van der Waals surface area contributed by atoms with Gasteiger partial charge in [-0.05, 0) is 45.0 Å². The van der Waals surface area contributed by atoms with E-state index in [2.05, 4.69) is 5.16 Å². The topological polar surface area (TPSA) is 74.3 Å². The largest absolute Gasteiger partial charge is 0.454 e. The van der Waals surface area contributed by atoms with E-state index in [0.29, 0.717) is 27.9 Å². The number of halogens is 2. The number of Topliss-reactive ketones (excluding diaryl/α,β-unsaturated/α-hetero) is 1. The Hall–Kier alpha value is -2.57. The minimum absolute atomic E-state index is 0.112. The third-order valence-corrected chi connectivity index (χ3v) is 4.62. The number of aromatic nitrogens is 2. The Morgan fingerprint density at radius 3 is 2.52 bits per heavy atom. The molecule has 0 atom stereocenters. The number of ether oxygens (including phenoxy) is 1. The lowest BCUT2D eigenvalue weighted by Crippen LogP contribution is -2.15. The van der Waals surface area contributed by atoms with Crippen LogP contribution in [0, 0.1) is 20.8 Å². The monoisotopic (exact) mass is 406 g/mol. The molecule has 6 nitrogen and oxygen atoms in total. The summed E-state index contributed by atoms with van der Waals surface area (Å²) in [6.45, 7) is 5.02. The van der Waals surface area contributed by atoms with Crippen LogP contribution < -0.4 is 0 Å². The molecule has 0 fully saturated rings. The van der Waals surface area contributed by atoms with E-state index in [9.17, 15) is 9.59 Å². The number of esters is 1. The molecule has 0 spiro atoms. The van der Waals surface area contributed by atoms with Gasteiger partial charge in [0, 0.05) is 28.0 Å². The first-order valence-electron chi connectivity index (χ1n) is 8.06. The molecule has 1 aromatic carbocycles. The van der Waals surface area contributed by atoms with Gasteiger partial charge in [0.2, 0.25) is 5.78 Å². The molecule has 3 rings (SSSR count). The van der Waals surface area contributed by atoms with Crippen LogP contribution in [0.3, 0.4) is 0 Å². The van der Waals surface area contributed by atoms with Crippen molar-refractivity contribution in [2.45, 2.75) is 20.8 Å². The van der Waals surface area contributed by atoms with Crippen LogP contribution in [0.25, 0.3) is 5.82 Å². The number of rotatable bonds is 5. The van der Waals surface area contributed by atoms with Gasteiger partial charge in [-0.3, -0.25) is 9.36 Å². The molecule has 0 aliphatic carbocycles. The van der Waals surface area contributed by atoms with E-state index in [1.54, 1.807) is 36.6 Å². The maximum atomic E-state index is 12.6. The number of carbonyl (C=O) groups excluding carboxylic acids is 2. The van der Waals surface area contributed by atoms with Crippen molar-refractivity contribution >= 4 is 35.0 Å². The summed E-state index contributed by atoms with van der Waals surface area (Å²) in [5.74, 6) is 0.208. The third kappa shape index (κ3) is 3.91. The highest BCUT2D eigenvalue weighted by Gasteiger charge is 2.20. The van der Waals surface area contributed by atoms with Gasteiger partial charge in [-0.2, -0.15) is 0 Å². The smallest absolute Gasteiger partial charge is 0.340 e. The Kier molecular flexibility index (Phi) is 5.39. The number of hydrogen-bond donors (Lipinski definition) is 0. The van der Waals surface area contributed by atoms with Crippen molar-refractivity contribution in [3.63, 3.8) is 0 Å². The first-order valence-corrected chi connectivity index (χ1v) is 8.81. The molecule has 3 aromatic rings. The molecule has 0 bridgehead atoms. The fraction of sp³-hybridized carbons (Fsp3) is 0.211. The second-order valence-corrected chi connectivity index (χ2v) is 6.88. The summed E-state index contributed by atoms with van der Waals surface area (Å²) < 4.78 is 12.0. The standard InChI is InChI=1S/C19H16Cl2N2O4/c1-10-6-14(12(3)23(10)18-7-11(2)27-22-18)17(24)9-26-19(25)15-8-13(20)4-5-16(15)21/h4-8H,9H2,1-3H3. The van der Waals surface area contributed by atoms with Crippen molar-refractivity contribution in [3.05, 3.63) is 68.7 Å². The van der Waals surface area contributed by atoms with Crippen molar-refractivity contribution < 1.29 is 18.8 Å². The molecule has 0 unspecified atom stereocenters. The summed E-state index contributed by atoms with van der Waals surface area (Å²) in [6.07, 6.45) is 0. The van der Waals surface area contributed by atoms with Crippen LogP contribution in [0.15, 0.2) is 34.9 Å². The molecule has 2 heterocycles. The zero-order valence-corrected chi connectivity index (χ0v) is 16.4. The minimum atomic E-state index is -0.711. The van der Waals surface area contributed by atoms with E-state index in [-0.39, 0.29) is 16.4 Å². The molecule has 0 N–H and O–H groups in total. The second kappa shape index (κ2) is 7.58. The van der Waals surface area contributed by atoms with E-state index < -0.39 is 12.6 Å². The van der Waals surface area contributed by atoms with Gasteiger partial charge in [-0.25, -0.2) is 4.79 Å². The fourth-order valence-electron chi connectivity index (χ4n) is 2.80. The van der Waals surface area contributed by atoms with Gasteiger partial charge in [0.05, 0.1) is 10.6 Å². The number of carbonyl (C=O) groups is 2. The fourth-order valence-corrected chi connectivity index (χ4v) is 3.16. The molecule has 8 heteroatoms. The number of nitrogens with zero attached hydrogens (tertiary/aromatic N) is 2. The highest BCUT2D eigenvalue weighted by atomic mass is 35.5. The van der Waals surface area contributed by atoms with Crippen LogP contribution in [-0.4, -0.2) is 28.1 Å². The molecule has 2 aromatic heterocycles. The summed E-state index contributed by atoms with van der Waals surface area (Å²) in [5.41, 5.74) is 2.05. The van der Waals surface area contributed by atoms with Gasteiger partial charge >= 0.3 is 5.97 Å². The second-order valence-electron chi connectivity index (χ2n) is 6.04. The Morgan fingerprint density at radius 2 is 1.85 bits per heavy atom. The van der Waals surface area contributed by atoms with Crippen molar-refractivity contribution in [2.24, 2.45) is 0 Å². The lowest BCUT2D eigenvalue weighted by Gasteiger charge is -2.07. The van der Waals surface area contributed by atoms with Crippen molar-refractivity contribution in [3.8, 4) is 5.82 Å². The lowest BCUT2D eigenvalue weighted by molar-refractivity contribution is 0.0474. The number of hydrogen-bond acceptors (Lipinski definition) is 5. The first-order chi connectivity index (χ1) is 12.8. The van der Waals surface area contributed by atoms with E-state index in [4.69, 9.17) is 32.5 Å². The lowest BCUT2D eigenvalue weighted by atomic mass is 10.1. The predicted octanol–water partition coefficient (Wildman–Crippen LogP) is 4.74. The maximum absolute atomic E-state index is 12.6. The highest BCUT2D eigenvalue weighted by molar-refractivity contribution is 6.35. The molecule has 0 aliphatic rings. The molecule has 0 aliphatic heterocycles. The molecule has 0 amide bonds. The zero-order valence-electron chi connectivity index (χ0n) is 14.9. The normalized spacial score (nSPS) is 10.9. The van der Waals surface area contributed by atoms with Crippen LogP contribution in [-0.2, 0) is 4.74 Å². The molecule has 140 valence electrons. The van der Waals surface area contributed by atoms with Gasteiger partial charge in [0.15, 0.2) is 12.4 Å². The molecule has 0 saturated heterocycles. The third-order valence-electron chi connectivity index (χ3n) is 4.06. The number of benzene rings is 1. The van der Waals surface area contributed by atoms with Crippen LogP contribution >= 0.6 is 23.2 Å². The van der Waals surface area contributed by atoms with Crippen molar-refractivity contribution in [1.82, 2.24) is 9.72 Å². The van der Waals surface area contributed by atoms with E-state index in [0.717, 1.165) is 5.69 Å². The highest BCUT2D eigenvalue weighted by Crippen LogP contribution is 2.23. The van der Waals surface area contributed by atoms with Gasteiger partial charge in [0.1, 0.15) is 5.76 Å². The summed E-state index contributed by atoms with van der Waals surface area (Å²) in [7, 11) is 0. The van der Waals surface area contributed by atoms with Crippen LogP contribution in [0.1, 0.15) is 37.9 Å². The zero-order chi connectivity index (χ0) is 19.7. The Bertz CT molecular complexity index is 1040. The first kappa shape index (κ1) is 19.2. The molecule has 0 radical (unpaired) electrons. The SMILES string of the molecule is Cc1cc(-n2c(C)cc(C(=O)COC(=O)c3cc(Cl)ccc3Cl)c2C)no1. The number of ketones is 1.